The molecule has 0 atom stereocenters. The second-order valence-electron chi connectivity index (χ2n) is 3.67. The minimum absolute atomic E-state index is 0.0793. The van der Waals surface area contributed by atoms with Crippen molar-refractivity contribution in [2.75, 3.05) is 5.75 Å². The molecule has 0 unspecified atom stereocenters. The molecule has 0 aliphatic carbocycles. The lowest BCUT2D eigenvalue weighted by atomic mass is 10.1. The van der Waals surface area contributed by atoms with Gasteiger partial charge >= 0.3 is 0 Å². The maximum absolute atomic E-state index is 12.7. The fourth-order valence-electron chi connectivity index (χ4n) is 1.40. The first-order chi connectivity index (χ1) is 8.65. The summed E-state index contributed by atoms with van der Waals surface area (Å²) in [7, 11) is 0. The Kier molecular flexibility index (Phi) is 4.10. The van der Waals surface area contributed by atoms with E-state index in [2.05, 4.69) is 0 Å². The van der Waals surface area contributed by atoms with Crippen molar-refractivity contribution < 1.29 is 13.6 Å². The van der Waals surface area contributed by atoms with Crippen LogP contribution in [0.15, 0.2) is 53.4 Å². The Bertz CT molecular complexity index is 535. The molecule has 18 heavy (non-hydrogen) atoms. The molecule has 0 amide bonds. The average Bonchev–Trinajstić information content (AvgIpc) is 2.38. The van der Waals surface area contributed by atoms with Gasteiger partial charge in [0.2, 0.25) is 0 Å². The van der Waals surface area contributed by atoms with Crippen molar-refractivity contribution in [1.29, 1.82) is 0 Å². The first-order valence-corrected chi connectivity index (χ1v) is 6.31. The SMILES string of the molecule is O=C(CSc1ccc(F)cc1)c1ccc(F)cc1. The topological polar surface area (TPSA) is 17.1 Å². The molecule has 0 saturated heterocycles. The van der Waals surface area contributed by atoms with Crippen LogP contribution >= 0.6 is 11.8 Å². The third-order valence-electron chi connectivity index (χ3n) is 2.35. The van der Waals surface area contributed by atoms with Gasteiger partial charge in [-0.3, -0.25) is 4.79 Å². The summed E-state index contributed by atoms with van der Waals surface area (Å²) < 4.78 is 25.4. The highest BCUT2D eigenvalue weighted by Crippen LogP contribution is 2.19. The normalized spacial score (nSPS) is 10.3. The Labute approximate surface area is 108 Å². The highest BCUT2D eigenvalue weighted by Gasteiger charge is 2.06. The van der Waals surface area contributed by atoms with Crippen LogP contribution in [0.1, 0.15) is 10.4 Å². The van der Waals surface area contributed by atoms with Crippen molar-refractivity contribution in [3.05, 3.63) is 65.7 Å². The number of carbonyl (C=O) groups excluding carboxylic acids is 1. The summed E-state index contributed by atoms with van der Waals surface area (Å²) in [6.07, 6.45) is 0. The van der Waals surface area contributed by atoms with Gasteiger partial charge in [-0.2, -0.15) is 0 Å². The molecule has 0 N–H and O–H groups in total. The lowest BCUT2D eigenvalue weighted by Gasteiger charge is -2.01. The molecule has 92 valence electrons. The predicted octanol–water partition coefficient (Wildman–Crippen LogP) is 3.94. The van der Waals surface area contributed by atoms with E-state index in [1.165, 1.54) is 48.2 Å². The van der Waals surface area contributed by atoms with E-state index >= 15 is 0 Å². The van der Waals surface area contributed by atoms with E-state index in [-0.39, 0.29) is 23.2 Å². The van der Waals surface area contributed by atoms with Crippen LogP contribution in [0.2, 0.25) is 0 Å². The third kappa shape index (κ3) is 3.40. The largest absolute Gasteiger partial charge is 0.293 e. The number of halogens is 2. The Morgan fingerprint density at radius 1 is 0.889 bits per heavy atom. The number of Topliss-reactive ketones (excluding diaryl/α,β-unsaturated/α-hetero) is 1. The second-order valence-corrected chi connectivity index (χ2v) is 4.72. The van der Waals surface area contributed by atoms with Gasteiger partial charge < -0.3 is 0 Å². The highest BCUT2D eigenvalue weighted by molar-refractivity contribution is 8.00. The van der Waals surface area contributed by atoms with Gasteiger partial charge in [-0.15, -0.1) is 11.8 Å². The van der Waals surface area contributed by atoms with Crippen molar-refractivity contribution >= 4 is 17.5 Å². The summed E-state index contributed by atoms with van der Waals surface area (Å²) >= 11 is 1.33. The van der Waals surface area contributed by atoms with Crippen LogP contribution in [0.25, 0.3) is 0 Å². The molecule has 1 nitrogen and oxygen atoms in total. The van der Waals surface area contributed by atoms with E-state index in [1.807, 2.05) is 0 Å². The van der Waals surface area contributed by atoms with E-state index in [4.69, 9.17) is 0 Å². The highest BCUT2D eigenvalue weighted by atomic mass is 32.2. The van der Waals surface area contributed by atoms with E-state index in [0.717, 1.165) is 4.90 Å². The van der Waals surface area contributed by atoms with Gasteiger partial charge in [0.15, 0.2) is 5.78 Å². The molecule has 0 heterocycles. The summed E-state index contributed by atoms with van der Waals surface area (Å²) in [5.74, 6) is -0.497. The molecule has 0 aliphatic rings. The lowest BCUT2D eigenvalue weighted by molar-refractivity contribution is 0.102. The Morgan fingerprint density at radius 2 is 1.39 bits per heavy atom. The lowest BCUT2D eigenvalue weighted by Crippen LogP contribution is -2.02. The van der Waals surface area contributed by atoms with E-state index in [9.17, 15) is 13.6 Å². The number of benzene rings is 2. The second kappa shape index (κ2) is 5.78. The molecule has 0 radical (unpaired) electrons. The van der Waals surface area contributed by atoms with Crippen LogP contribution in [0, 0.1) is 11.6 Å². The molecular formula is C14H10F2OS. The number of rotatable bonds is 4. The van der Waals surface area contributed by atoms with Gasteiger partial charge in [-0.05, 0) is 48.5 Å². The van der Waals surface area contributed by atoms with Crippen molar-refractivity contribution in [1.82, 2.24) is 0 Å². The molecule has 0 saturated carbocycles. The molecule has 0 spiro atoms. The fourth-order valence-corrected chi connectivity index (χ4v) is 2.19. The van der Waals surface area contributed by atoms with Crippen LogP contribution in [0.4, 0.5) is 8.78 Å². The molecular weight excluding hydrogens is 254 g/mol. The number of ketones is 1. The zero-order valence-electron chi connectivity index (χ0n) is 9.40. The number of hydrogen-bond acceptors (Lipinski definition) is 2. The molecule has 0 aromatic heterocycles. The third-order valence-corrected chi connectivity index (χ3v) is 3.36. The molecule has 0 aliphatic heterocycles. The van der Waals surface area contributed by atoms with Crippen LogP contribution in [-0.4, -0.2) is 11.5 Å². The van der Waals surface area contributed by atoms with Crippen molar-refractivity contribution in [3.8, 4) is 0 Å². The van der Waals surface area contributed by atoms with Crippen LogP contribution in [0.5, 0.6) is 0 Å². The summed E-state index contributed by atoms with van der Waals surface area (Å²) in [4.78, 5) is 12.6. The molecule has 2 aromatic carbocycles. The Balaban J connectivity index is 1.96. The van der Waals surface area contributed by atoms with E-state index < -0.39 is 0 Å². The zero-order valence-corrected chi connectivity index (χ0v) is 10.2. The maximum Gasteiger partial charge on any atom is 0.173 e. The van der Waals surface area contributed by atoms with Gasteiger partial charge in [0.1, 0.15) is 11.6 Å². The smallest absolute Gasteiger partial charge is 0.173 e. The molecule has 4 heteroatoms. The molecule has 0 fully saturated rings. The zero-order chi connectivity index (χ0) is 13.0. The minimum atomic E-state index is -0.363. The number of hydrogen-bond donors (Lipinski definition) is 0. The molecule has 2 aromatic rings. The summed E-state index contributed by atoms with van der Waals surface area (Å²) in [5, 5.41) is 0. The van der Waals surface area contributed by atoms with Gasteiger partial charge in [-0.1, -0.05) is 0 Å². The predicted molar refractivity (Wildman–Crippen MR) is 67.9 cm³/mol. The number of carbonyl (C=O) groups is 1. The van der Waals surface area contributed by atoms with Crippen molar-refractivity contribution in [3.63, 3.8) is 0 Å². The van der Waals surface area contributed by atoms with Crippen LogP contribution in [0.3, 0.4) is 0 Å². The number of thioether (sulfide) groups is 1. The first-order valence-electron chi connectivity index (χ1n) is 5.32. The molecule has 0 bridgehead atoms. The first kappa shape index (κ1) is 12.8. The average molecular weight is 264 g/mol. The van der Waals surface area contributed by atoms with Crippen molar-refractivity contribution in [2.24, 2.45) is 0 Å². The Morgan fingerprint density at radius 3 is 1.94 bits per heavy atom. The summed E-state index contributed by atoms with van der Waals surface area (Å²) in [6.45, 7) is 0. The standard InChI is InChI=1S/C14H10F2OS/c15-11-3-1-10(2-4-11)14(17)9-18-13-7-5-12(16)6-8-13/h1-8H,9H2. The van der Waals surface area contributed by atoms with E-state index in [0.29, 0.717) is 5.56 Å². The molecule has 2 rings (SSSR count). The van der Waals surface area contributed by atoms with E-state index in [1.54, 1.807) is 12.1 Å². The van der Waals surface area contributed by atoms with Gasteiger partial charge in [0, 0.05) is 10.5 Å². The van der Waals surface area contributed by atoms with Crippen LogP contribution < -0.4 is 0 Å². The monoisotopic (exact) mass is 264 g/mol. The minimum Gasteiger partial charge on any atom is -0.293 e. The van der Waals surface area contributed by atoms with Gasteiger partial charge in [0.25, 0.3) is 0 Å². The van der Waals surface area contributed by atoms with Gasteiger partial charge in [0.05, 0.1) is 5.75 Å². The van der Waals surface area contributed by atoms with Gasteiger partial charge in [-0.25, -0.2) is 8.78 Å². The Hall–Kier alpha value is -1.68. The van der Waals surface area contributed by atoms with Crippen LogP contribution in [-0.2, 0) is 0 Å². The quantitative estimate of drug-likeness (QED) is 0.614. The summed E-state index contributed by atoms with van der Waals surface area (Å²) in [6, 6.07) is 11.4. The van der Waals surface area contributed by atoms with Crippen molar-refractivity contribution in [2.45, 2.75) is 4.90 Å². The fraction of sp³-hybridized carbons (Fsp3) is 0.0714. The maximum atomic E-state index is 12.7. The summed E-state index contributed by atoms with van der Waals surface area (Å²) in [5.41, 5.74) is 0.478.